The number of carbonyl (C=O) groups is 1. The summed E-state index contributed by atoms with van der Waals surface area (Å²) in [7, 11) is 0. The Morgan fingerprint density at radius 1 is 1.00 bits per heavy atom. The number of nitrogens with one attached hydrogen (secondary N) is 1. The summed E-state index contributed by atoms with van der Waals surface area (Å²) in [6, 6.07) is 13.6. The number of para-hydroxylation sites is 1. The van der Waals surface area contributed by atoms with Gasteiger partial charge in [0.2, 0.25) is 0 Å². The van der Waals surface area contributed by atoms with Crippen molar-refractivity contribution in [3.63, 3.8) is 0 Å². The number of halogens is 1. The molecule has 0 unspecified atom stereocenters. The highest BCUT2D eigenvalue weighted by molar-refractivity contribution is 6.31. The SMILES string of the molecule is O=C(c1c2c(nc3ccccc13)CCN(Cc1nc3ccc(Cl)cc3[nH]1)C2)N1CCN(CCO)CC1. The minimum atomic E-state index is 0.0775. The lowest BCUT2D eigenvalue weighted by molar-refractivity contribution is 0.0614. The van der Waals surface area contributed by atoms with Crippen LogP contribution in [0.2, 0.25) is 5.02 Å². The number of aliphatic hydroxyl groups excluding tert-OH is 1. The van der Waals surface area contributed by atoms with E-state index in [9.17, 15) is 9.90 Å². The molecule has 0 saturated carbocycles. The van der Waals surface area contributed by atoms with Gasteiger partial charge in [-0.3, -0.25) is 19.6 Å². The summed E-state index contributed by atoms with van der Waals surface area (Å²) in [5.41, 5.74) is 5.54. The van der Waals surface area contributed by atoms with Crippen molar-refractivity contribution in [1.29, 1.82) is 0 Å². The molecule has 2 N–H and O–H groups in total. The molecule has 36 heavy (non-hydrogen) atoms. The first kappa shape index (κ1) is 23.4. The van der Waals surface area contributed by atoms with Gasteiger partial charge >= 0.3 is 0 Å². The van der Waals surface area contributed by atoms with Gasteiger partial charge in [-0.2, -0.15) is 0 Å². The second kappa shape index (κ2) is 9.78. The Bertz CT molecular complexity index is 1430. The second-order valence-electron chi connectivity index (χ2n) is 9.59. The van der Waals surface area contributed by atoms with Crippen LogP contribution in [-0.2, 0) is 19.5 Å². The number of imidazole rings is 1. The first-order chi connectivity index (χ1) is 17.6. The monoisotopic (exact) mass is 504 g/mol. The van der Waals surface area contributed by atoms with E-state index in [0.717, 1.165) is 70.6 Å². The third-order valence-corrected chi connectivity index (χ3v) is 7.52. The Kier molecular flexibility index (Phi) is 6.35. The highest BCUT2D eigenvalue weighted by atomic mass is 35.5. The van der Waals surface area contributed by atoms with E-state index in [2.05, 4.69) is 14.8 Å². The zero-order valence-electron chi connectivity index (χ0n) is 20.1. The third-order valence-electron chi connectivity index (χ3n) is 7.28. The molecule has 0 aliphatic carbocycles. The van der Waals surface area contributed by atoms with E-state index >= 15 is 0 Å². The smallest absolute Gasteiger partial charge is 0.255 e. The largest absolute Gasteiger partial charge is 0.395 e. The number of benzene rings is 2. The molecule has 2 aliphatic rings. The van der Waals surface area contributed by atoms with Crippen molar-refractivity contribution >= 4 is 39.4 Å². The first-order valence-electron chi connectivity index (χ1n) is 12.5. The summed E-state index contributed by atoms with van der Waals surface area (Å²) in [4.78, 5) is 33.5. The average molecular weight is 505 g/mol. The fourth-order valence-corrected chi connectivity index (χ4v) is 5.59. The number of aromatic amines is 1. The molecule has 0 atom stereocenters. The van der Waals surface area contributed by atoms with Gasteiger partial charge < -0.3 is 15.0 Å². The van der Waals surface area contributed by atoms with E-state index in [1.807, 2.05) is 47.4 Å². The third kappa shape index (κ3) is 4.46. The first-order valence-corrected chi connectivity index (χ1v) is 12.9. The average Bonchev–Trinajstić information content (AvgIpc) is 3.29. The molecular weight excluding hydrogens is 476 g/mol. The van der Waals surface area contributed by atoms with Crippen LogP contribution in [0.3, 0.4) is 0 Å². The number of β-amino-alcohol motifs (C(OH)–C–C–N with tert-alkyl or cyclic N) is 1. The van der Waals surface area contributed by atoms with Crippen molar-refractivity contribution in [3.8, 4) is 0 Å². The topological polar surface area (TPSA) is 88.6 Å². The Balaban J connectivity index is 1.30. The lowest BCUT2D eigenvalue weighted by atomic mass is 9.94. The van der Waals surface area contributed by atoms with E-state index < -0.39 is 0 Å². The molecule has 0 radical (unpaired) electrons. The Labute approximate surface area is 214 Å². The number of pyridine rings is 1. The number of nitrogens with zero attached hydrogens (tertiary/aromatic N) is 5. The van der Waals surface area contributed by atoms with Crippen LogP contribution in [0.15, 0.2) is 42.5 Å². The van der Waals surface area contributed by atoms with Gasteiger partial charge in [-0.15, -0.1) is 0 Å². The molecule has 186 valence electrons. The molecule has 1 amide bonds. The maximum absolute atomic E-state index is 13.9. The zero-order valence-corrected chi connectivity index (χ0v) is 20.8. The predicted molar refractivity (Wildman–Crippen MR) is 140 cm³/mol. The Hall–Kier alpha value is -3.04. The van der Waals surface area contributed by atoms with Crippen LogP contribution in [0.5, 0.6) is 0 Å². The van der Waals surface area contributed by atoms with Crippen LogP contribution in [0.4, 0.5) is 0 Å². The summed E-state index contributed by atoms with van der Waals surface area (Å²) in [5.74, 6) is 0.964. The van der Waals surface area contributed by atoms with Crippen LogP contribution in [0, 0.1) is 0 Å². The Morgan fingerprint density at radius 2 is 1.83 bits per heavy atom. The molecule has 2 aromatic carbocycles. The van der Waals surface area contributed by atoms with E-state index in [0.29, 0.717) is 37.7 Å². The molecule has 8 nitrogen and oxygen atoms in total. The van der Waals surface area contributed by atoms with Crippen molar-refractivity contribution < 1.29 is 9.90 Å². The molecule has 4 heterocycles. The number of piperazine rings is 1. The number of aliphatic hydroxyl groups is 1. The van der Waals surface area contributed by atoms with Gasteiger partial charge in [-0.25, -0.2) is 4.98 Å². The van der Waals surface area contributed by atoms with Gasteiger partial charge in [-0.1, -0.05) is 29.8 Å². The van der Waals surface area contributed by atoms with E-state index in [4.69, 9.17) is 21.6 Å². The fourth-order valence-electron chi connectivity index (χ4n) is 5.42. The molecule has 6 rings (SSSR count). The second-order valence-corrected chi connectivity index (χ2v) is 10.0. The molecule has 0 spiro atoms. The standard InChI is InChI=1S/C27H29ClN6O2/c28-18-5-6-23-24(15-18)31-25(30-23)17-33-8-7-22-20(16-33)26(19-3-1-2-4-21(19)29-22)27(36)34-11-9-32(10-12-34)13-14-35/h1-6,15,35H,7-14,16-17H2,(H,30,31). The van der Waals surface area contributed by atoms with Crippen molar-refractivity contribution in [2.24, 2.45) is 0 Å². The lowest BCUT2D eigenvalue weighted by Gasteiger charge is -2.36. The van der Waals surface area contributed by atoms with Gasteiger partial charge in [0.15, 0.2) is 0 Å². The van der Waals surface area contributed by atoms with Crippen molar-refractivity contribution in [2.75, 3.05) is 45.9 Å². The number of fused-ring (bicyclic) bond motifs is 3. The number of amides is 1. The number of hydrogen-bond donors (Lipinski definition) is 2. The van der Waals surface area contributed by atoms with Crippen LogP contribution in [-0.4, -0.2) is 86.5 Å². The summed E-state index contributed by atoms with van der Waals surface area (Å²) in [6.07, 6.45) is 0.788. The molecule has 4 aromatic rings. The normalized spacial score (nSPS) is 17.1. The van der Waals surface area contributed by atoms with Crippen LogP contribution in [0.1, 0.15) is 27.4 Å². The highest BCUT2D eigenvalue weighted by Gasteiger charge is 2.30. The van der Waals surface area contributed by atoms with E-state index in [-0.39, 0.29) is 12.5 Å². The van der Waals surface area contributed by atoms with Crippen LogP contribution in [0.25, 0.3) is 21.9 Å². The quantitative estimate of drug-likeness (QED) is 0.434. The summed E-state index contributed by atoms with van der Waals surface area (Å²) < 4.78 is 0. The van der Waals surface area contributed by atoms with Crippen molar-refractivity contribution in [1.82, 2.24) is 29.7 Å². The van der Waals surface area contributed by atoms with Crippen LogP contribution >= 0.6 is 11.6 Å². The molecule has 1 fully saturated rings. The molecule has 0 bridgehead atoms. The molecular formula is C27H29ClN6O2. The minimum absolute atomic E-state index is 0.0775. The number of H-pyrrole nitrogens is 1. The number of rotatable bonds is 5. The highest BCUT2D eigenvalue weighted by Crippen LogP contribution is 2.30. The summed E-state index contributed by atoms with van der Waals surface area (Å²) >= 11 is 6.14. The summed E-state index contributed by atoms with van der Waals surface area (Å²) in [6.45, 7) is 5.83. The minimum Gasteiger partial charge on any atom is -0.395 e. The maximum Gasteiger partial charge on any atom is 0.255 e. The fraction of sp³-hybridized carbons (Fsp3) is 0.370. The number of carbonyl (C=O) groups excluding carboxylic acids is 1. The lowest BCUT2D eigenvalue weighted by Crippen LogP contribution is -2.49. The summed E-state index contributed by atoms with van der Waals surface area (Å²) in [5, 5.41) is 10.9. The van der Waals surface area contributed by atoms with Crippen LogP contribution < -0.4 is 0 Å². The van der Waals surface area contributed by atoms with Crippen molar-refractivity contribution in [2.45, 2.75) is 19.5 Å². The predicted octanol–water partition coefficient (Wildman–Crippen LogP) is 3.07. The van der Waals surface area contributed by atoms with E-state index in [1.165, 1.54) is 0 Å². The number of hydrogen-bond acceptors (Lipinski definition) is 6. The van der Waals surface area contributed by atoms with Gasteiger partial charge in [0.25, 0.3) is 5.91 Å². The zero-order chi connectivity index (χ0) is 24.6. The molecule has 2 aromatic heterocycles. The molecule has 1 saturated heterocycles. The Morgan fingerprint density at radius 3 is 2.67 bits per heavy atom. The van der Waals surface area contributed by atoms with Gasteiger partial charge in [0.1, 0.15) is 5.82 Å². The molecule has 9 heteroatoms. The van der Waals surface area contributed by atoms with Gasteiger partial charge in [-0.05, 0) is 24.3 Å². The molecule has 2 aliphatic heterocycles. The number of aromatic nitrogens is 3. The van der Waals surface area contributed by atoms with Gasteiger partial charge in [0.05, 0.1) is 35.3 Å². The van der Waals surface area contributed by atoms with Crippen molar-refractivity contribution in [3.05, 3.63) is 70.1 Å². The van der Waals surface area contributed by atoms with E-state index in [1.54, 1.807) is 0 Å². The van der Waals surface area contributed by atoms with Gasteiger partial charge in [0, 0.05) is 73.9 Å². The maximum atomic E-state index is 13.9.